The Bertz CT molecular complexity index is 292. The van der Waals surface area contributed by atoms with Crippen LogP contribution in [0.25, 0.3) is 0 Å². The highest BCUT2D eigenvalue weighted by atomic mass is 35.5. The van der Waals surface area contributed by atoms with Gasteiger partial charge < -0.3 is 30.1 Å². The molecule has 5 atom stereocenters. The molecule has 1 saturated heterocycles. The predicted molar refractivity (Wildman–Crippen MR) is 66.7 cm³/mol. The summed E-state index contributed by atoms with van der Waals surface area (Å²) in [6, 6.07) is -0.898. The van der Waals surface area contributed by atoms with Crippen molar-refractivity contribution in [3.05, 3.63) is 0 Å². The second-order valence-corrected chi connectivity index (χ2v) is 4.72. The van der Waals surface area contributed by atoms with Crippen molar-refractivity contribution in [2.75, 3.05) is 19.1 Å². The molecule has 4 N–H and O–H groups in total. The van der Waals surface area contributed by atoms with Crippen LogP contribution in [0.15, 0.2) is 0 Å². The third-order valence-electron chi connectivity index (χ3n) is 2.81. The summed E-state index contributed by atoms with van der Waals surface area (Å²) in [4.78, 5) is 11.1. The van der Waals surface area contributed by atoms with Gasteiger partial charge in [0.15, 0.2) is 6.29 Å². The highest BCUT2D eigenvalue weighted by Crippen LogP contribution is 2.22. The predicted octanol–water partition coefficient (Wildman–Crippen LogP) is -1.42. The number of aliphatic hydroxyl groups excluding tert-OH is 3. The van der Waals surface area contributed by atoms with Gasteiger partial charge in [-0.25, -0.2) is 0 Å². The summed E-state index contributed by atoms with van der Waals surface area (Å²) in [5.74, 6) is 0.0276. The summed E-state index contributed by atoms with van der Waals surface area (Å²) in [7, 11) is 0. The van der Waals surface area contributed by atoms with E-state index in [0.717, 1.165) is 0 Å². The largest absolute Gasteiger partial charge is 0.394 e. The molecular weight excluding hydrogens is 278 g/mol. The highest BCUT2D eigenvalue weighted by molar-refractivity contribution is 6.17. The normalized spacial score (nSPS) is 35.1. The first-order chi connectivity index (χ1) is 9.01. The molecule has 0 saturated carbocycles. The molecule has 0 aromatic carbocycles. The Morgan fingerprint density at radius 1 is 1.42 bits per heavy atom. The van der Waals surface area contributed by atoms with Crippen LogP contribution < -0.4 is 5.32 Å². The molecule has 2 unspecified atom stereocenters. The Morgan fingerprint density at radius 2 is 2.11 bits per heavy atom. The van der Waals surface area contributed by atoms with Crippen LogP contribution in [-0.4, -0.2) is 71.0 Å². The van der Waals surface area contributed by atoms with Crippen molar-refractivity contribution in [1.82, 2.24) is 5.32 Å². The third-order valence-corrected chi connectivity index (χ3v) is 3.08. The van der Waals surface area contributed by atoms with E-state index in [9.17, 15) is 15.0 Å². The van der Waals surface area contributed by atoms with Gasteiger partial charge in [0.1, 0.15) is 24.4 Å². The van der Waals surface area contributed by atoms with Gasteiger partial charge in [-0.15, -0.1) is 11.6 Å². The minimum atomic E-state index is -1.30. The van der Waals surface area contributed by atoms with Gasteiger partial charge in [-0.2, -0.15) is 0 Å². The second kappa shape index (κ2) is 7.98. The van der Waals surface area contributed by atoms with Crippen LogP contribution in [0.2, 0.25) is 0 Å². The first kappa shape index (κ1) is 16.6. The maximum Gasteiger partial charge on any atom is 0.217 e. The average molecular weight is 298 g/mol. The van der Waals surface area contributed by atoms with Crippen LogP contribution in [0.4, 0.5) is 0 Å². The number of amides is 1. The van der Waals surface area contributed by atoms with E-state index in [4.69, 9.17) is 26.2 Å². The summed E-state index contributed by atoms with van der Waals surface area (Å²) in [5, 5.41) is 31.2. The maximum atomic E-state index is 11.1. The molecule has 1 aliphatic heterocycles. The Labute approximate surface area is 116 Å². The van der Waals surface area contributed by atoms with Gasteiger partial charge in [0, 0.05) is 12.8 Å². The lowest BCUT2D eigenvalue weighted by Gasteiger charge is -2.42. The van der Waals surface area contributed by atoms with Gasteiger partial charge >= 0.3 is 0 Å². The van der Waals surface area contributed by atoms with Crippen molar-refractivity contribution in [3.63, 3.8) is 0 Å². The third kappa shape index (κ3) is 4.55. The zero-order valence-electron chi connectivity index (χ0n) is 10.7. The molecule has 0 spiro atoms. The van der Waals surface area contributed by atoms with E-state index in [2.05, 4.69) is 5.32 Å². The van der Waals surface area contributed by atoms with Gasteiger partial charge in [0.2, 0.25) is 5.91 Å². The molecule has 112 valence electrons. The van der Waals surface area contributed by atoms with E-state index in [1.807, 2.05) is 0 Å². The Morgan fingerprint density at radius 3 is 2.63 bits per heavy atom. The summed E-state index contributed by atoms with van der Waals surface area (Å²) in [6.07, 6.45) is -3.90. The zero-order chi connectivity index (χ0) is 14.4. The molecule has 0 aliphatic carbocycles. The van der Waals surface area contributed by atoms with Gasteiger partial charge in [-0.1, -0.05) is 0 Å². The van der Waals surface area contributed by atoms with E-state index in [1.165, 1.54) is 6.92 Å². The van der Waals surface area contributed by atoms with E-state index in [1.54, 1.807) is 0 Å². The second-order valence-electron chi connectivity index (χ2n) is 4.35. The Hall–Kier alpha value is -0.440. The van der Waals surface area contributed by atoms with Crippen molar-refractivity contribution in [1.29, 1.82) is 0 Å². The topological polar surface area (TPSA) is 108 Å². The molecule has 1 rings (SSSR count). The average Bonchev–Trinajstić information content (AvgIpc) is 2.37. The number of hydrogen-bond donors (Lipinski definition) is 4. The molecule has 1 aliphatic rings. The molecule has 1 amide bonds. The number of carbonyl (C=O) groups is 1. The van der Waals surface area contributed by atoms with Crippen molar-refractivity contribution < 1.29 is 29.6 Å². The number of aliphatic hydroxyl groups is 3. The fraction of sp³-hybridized carbons (Fsp3) is 0.909. The fourth-order valence-electron chi connectivity index (χ4n) is 1.87. The van der Waals surface area contributed by atoms with Crippen LogP contribution in [0, 0.1) is 0 Å². The number of alkyl halides is 1. The fourth-order valence-corrected chi connectivity index (χ4v) is 1.98. The number of rotatable bonds is 6. The molecule has 1 fully saturated rings. The zero-order valence-corrected chi connectivity index (χ0v) is 11.4. The Kier molecular flexibility index (Phi) is 6.98. The van der Waals surface area contributed by atoms with Crippen molar-refractivity contribution in [2.45, 2.75) is 44.0 Å². The van der Waals surface area contributed by atoms with Crippen molar-refractivity contribution >= 4 is 17.5 Å². The van der Waals surface area contributed by atoms with E-state index < -0.39 is 37.3 Å². The molecule has 8 heteroatoms. The Balaban J connectivity index is 2.71. The van der Waals surface area contributed by atoms with Crippen molar-refractivity contribution in [2.24, 2.45) is 0 Å². The summed E-state index contributed by atoms with van der Waals surface area (Å²) in [6.45, 7) is 1.11. The number of hydrogen-bond acceptors (Lipinski definition) is 6. The summed E-state index contributed by atoms with van der Waals surface area (Å²) >= 11 is 5.53. The van der Waals surface area contributed by atoms with Crippen LogP contribution >= 0.6 is 11.6 Å². The quantitative estimate of drug-likeness (QED) is 0.354. The molecule has 0 radical (unpaired) electrons. The van der Waals surface area contributed by atoms with Crippen LogP contribution in [0.5, 0.6) is 0 Å². The molecule has 7 nitrogen and oxygen atoms in total. The summed E-state index contributed by atoms with van der Waals surface area (Å²) < 4.78 is 10.7. The monoisotopic (exact) mass is 297 g/mol. The molecule has 0 bridgehead atoms. The number of nitrogens with one attached hydrogen (secondary N) is 1. The lowest BCUT2D eigenvalue weighted by Crippen LogP contribution is -2.64. The van der Waals surface area contributed by atoms with Crippen LogP contribution in [0.1, 0.15) is 13.3 Å². The number of ether oxygens (including phenoxy) is 2. The lowest BCUT2D eigenvalue weighted by molar-refractivity contribution is -0.270. The minimum absolute atomic E-state index is 0.283. The molecule has 1 heterocycles. The van der Waals surface area contributed by atoms with E-state index >= 15 is 0 Å². The first-order valence-electron chi connectivity index (χ1n) is 6.08. The van der Waals surface area contributed by atoms with Gasteiger partial charge in [0.05, 0.1) is 13.2 Å². The maximum absolute atomic E-state index is 11.1. The van der Waals surface area contributed by atoms with Gasteiger partial charge in [0.25, 0.3) is 0 Å². The molecule has 19 heavy (non-hydrogen) atoms. The van der Waals surface area contributed by atoms with Gasteiger partial charge in [-0.3, -0.25) is 4.79 Å². The van der Waals surface area contributed by atoms with E-state index in [-0.39, 0.29) is 12.5 Å². The molecule has 0 aromatic rings. The van der Waals surface area contributed by atoms with Crippen LogP contribution in [0.3, 0.4) is 0 Å². The smallest absolute Gasteiger partial charge is 0.217 e. The lowest BCUT2D eigenvalue weighted by atomic mass is 9.97. The standard InChI is InChI=1S/C11H20ClNO6/c1-6(15)13-8-10(17)9(16)7(5-14)19-11(8)18-4-2-3-12/h7-11,14,16-17H,2-5H2,1H3,(H,13,15)/t7?,8?,9-,10-,11-/m1/s1. The van der Waals surface area contributed by atoms with Crippen LogP contribution in [-0.2, 0) is 14.3 Å². The summed E-state index contributed by atoms with van der Waals surface area (Å²) in [5.41, 5.74) is 0. The number of halogens is 1. The number of carbonyl (C=O) groups excluding carboxylic acids is 1. The highest BCUT2D eigenvalue weighted by Gasteiger charge is 2.45. The first-order valence-corrected chi connectivity index (χ1v) is 6.61. The SMILES string of the molecule is CC(=O)NC1[C@H](OCCCCl)OC(CO)[C@@H](O)[C@@H]1O. The minimum Gasteiger partial charge on any atom is -0.394 e. The van der Waals surface area contributed by atoms with Gasteiger partial charge in [-0.05, 0) is 6.42 Å². The van der Waals surface area contributed by atoms with Crippen molar-refractivity contribution in [3.8, 4) is 0 Å². The molecular formula is C11H20ClNO6. The van der Waals surface area contributed by atoms with E-state index in [0.29, 0.717) is 12.3 Å². The molecule has 0 aromatic heterocycles.